The molecular formula is C26H51LiO4. The van der Waals surface area contributed by atoms with Crippen LogP contribution in [-0.2, 0) is 9.59 Å². The largest absolute Gasteiger partial charge is 1.00 e. The Hall–Kier alpha value is -0.463. The van der Waals surface area contributed by atoms with Gasteiger partial charge < -0.3 is 11.6 Å². The summed E-state index contributed by atoms with van der Waals surface area (Å²) >= 11 is 0. The number of aliphatic carboxylic acids is 2. The molecule has 180 valence electrons. The second-order valence-electron chi connectivity index (χ2n) is 9.20. The number of carbonyl (C=O) groups is 2. The topological polar surface area (TPSA) is 74.6 Å². The Labute approximate surface area is 206 Å². The van der Waals surface area contributed by atoms with Crippen LogP contribution in [0.3, 0.4) is 0 Å². The molecule has 2 N–H and O–H groups in total. The molecule has 0 aliphatic rings. The fourth-order valence-corrected chi connectivity index (χ4v) is 4.30. The average Bonchev–Trinajstić information content (AvgIpc) is 2.71. The minimum absolute atomic E-state index is 0. The van der Waals surface area contributed by atoms with Crippen molar-refractivity contribution in [3.8, 4) is 0 Å². The maximum atomic E-state index is 11.8. The van der Waals surface area contributed by atoms with E-state index in [1.54, 1.807) is 0 Å². The quantitative estimate of drug-likeness (QED) is 0.127. The van der Waals surface area contributed by atoms with Gasteiger partial charge in [-0.25, -0.2) is 0 Å². The van der Waals surface area contributed by atoms with Crippen molar-refractivity contribution < 1.29 is 40.1 Å². The molecule has 0 atom stereocenters. The maximum absolute atomic E-state index is 11.8. The van der Waals surface area contributed by atoms with Gasteiger partial charge in [0.25, 0.3) is 0 Å². The predicted molar refractivity (Wildman–Crippen MR) is 127 cm³/mol. The summed E-state index contributed by atoms with van der Waals surface area (Å²) in [5.74, 6) is -2.30. The molecule has 0 rings (SSSR count). The molecule has 0 saturated heterocycles. The molecule has 5 heteroatoms. The third kappa shape index (κ3) is 16.8. The van der Waals surface area contributed by atoms with Gasteiger partial charge in [-0.1, -0.05) is 136 Å². The van der Waals surface area contributed by atoms with Crippen molar-refractivity contribution in [1.82, 2.24) is 0 Å². The molecule has 0 bridgehead atoms. The number of carboxylic acid groups (broad SMARTS) is 2. The van der Waals surface area contributed by atoms with Crippen LogP contribution in [0.2, 0.25) is 0 Å². The second-order valence-corrected chi connectivity index (χ2v) is 9.20. The molecule has 0 aliphatic carbocycles. The molecule has 0 aromatic heterocycles. The summed E-state index contributed by atoms with van der Waals surface area (Å²) in [5.41, 5.74) is -1.58. The zero-order valence-electron chi connectivity index (χ0n) is 22.1. The number of rotatable bonds is 23. The van der Waals surface area contributed by atoms with E-state index in [0.717, 1.165) is 25.7 Å². The molecule has 0 heterocycles. The Bertz CT molecular complexity index is 418. The first-order chi connectivity index (χ1) is 14.5. The minimum Gasteiger partial charge on any atom is -1.00 e. The average molecular weight is 435 g/mol. The zero-order valence-corrected chi connectivity index (χ0v) is 21.1. The number of carboxylic acids is 2. The molecule has 0 aliphatic heterocycles. The summed E-state index contributed by atoms with van der Waals surface area (Å²) < 4.78 is 0. The van der Waals surface area contributed by atoms with Gasteiger partial charge in [-0.3, -0.25) is 9.59 Å². The van der Waals surface area contributed by atoms with Gasteiger partial charge in [-0.15, -0.1) is 0 Å². The van der Waals surface area contributed by atoms with Crippen LogP contribution in [0.25, 0.3) is 0 Å². The SMILES string of the molecule is CCCCCCCCCCCCC(CCCCCCCCCCC)(C(=O)O)C(=O)O.[H-].[Li+]. The fourth-order valence-electron chi connectivity index (χ4n) is 4.30. The van der Waals surface area contributed by atoms with E-state index in [0.29, 0.717) is 12.8 Å². The van der Waals surface area contributed by atoms with E-state index in [-0.39, 0.29) is 33.1 Å². The number of unbranched alkanes of at least 4 members (excludes halogenated alkanes) is 17. The molecule has 0 radical (unpaired) electrons. The van der Waals surface area contributed by atoms with Crippen LogP contribution in [-0.4, -0.2) is 22.2 Å². The van der Waals surface area contributed by atoms with Crippen molar-refractivity contribution in [3.63, 3.8) is 0 Å². The van der Waals surface area contributed by atoms with Gasteiger partial charge in [-0.2, -0.15) is 0 Å². The molecule has 0 amide bonds. The van der Waals surface area contributed by atoms with E-state index in [1.807, 2.05) is 0 Å². The van der Waals surface area contributed by atoms with Crippen LogP contribution in [0.4, 0.5) is 0 Å². The molecule has 0 aromatic rings. The molecule has 0 unspecified atom stereocenters. The third-order valence-electron chi connectivity index (χ3n) is 6.48. The third-order valence-corrected chi connectivity index (χ3v) is 6.48. The van der Waals surface area contributed by atoms with Gasteiger partial charge in [0.05, 0.1) is 0 Å². The summed E-state index contributed by atoms with van der Waals surface area (Å²) in [5, 5.41) is 19.4. The molecular weight excluding hydrogens is 383 g/mol. The Morgan fingerprint density at radius 3 is 0.968 bits per heavy atom. The Balaban J connectivity index is -0.00000420. The van der Waals surface area contributed by atoms with Crippen LogP contribution >= 0.6 is 0 Å². The molecule has 0 spiro atoms. The fraction of sp³-hybridized carbons (Fsp3) is 0.923. The number of hydrogen-bond acceptors (Lipinski definition) is 2. The van der Waals surface area contributed by atoms with E-state index in [4.69, 9.17) is 0 Å². The summed E-state index contributed by atoms with van der Waals surface area (Å²) in [4.78, 5) is 23.7. The first-order valence-corrected chi connectivity index (χ1v) is 13.0. The van der Waals surface area contributed by atoms with E-state index in [1.165, 1.54) is 83.5 Å². The monoisotopic (exact) mass is 434 g/mol. The van der Waals surface area contributed by atoms with Crippen LogP contribution in [0, 0.1) is 5.41 Å². The second kappa shape index (κ2) is 22.7. The Kier molecular flexibility index (Phi) is 24.0. The van der Waals surface area contributed by atoms with Crippen LogP contribution in [0.15, 0.2) is 0 Å². The normalized spacial score (nSPS) is 11.3. The summed E-state index contributed by atoms with van der Waals surface area (Å²) in [6, 6.07) is 0. The Morgan fingerprint density at radius 1 is 0.516 bits per heavy atom. The van der Waals surface area contributed by atoms with Crippen LogP contribution in [0.1, 0.15) is 150 Å². The molecule has 0 aromatic carbocycles. The number of hydrogen-bond donors (Lipinski definition) is 2. The standard InChI is InChI=1S/C26H50O4.Li.H/c1-3-5-7-9-11-13-15-17-19-21-23-26(24(27)28,25(29)30)22-20-18-16-14-12-10-8-6-4-2;;/h3-23H2,1-2H3,(H,27,28)(H,29,30);;/q;+1;-1. The van der Waals surface area contributed by atoms with E-state index in [9.17, 15) is 19.8 Å². The molecule has 0 saturated carbocycles. The van der Waals surface area contributed by atoms with Crippen molar-refractivity contribution >= 4 is 11.9 Å². The summed E-state index contributed by atoms with van der Waals surface area (Å²) in [7, 11) is 0. The van der Waals surface area contributed by atoms with Gasteiger partial charge in [0.2, 0.25) is 0 Å². The molecule has 0 fully saturated rings. The van der Waals surface area contributed by atoms with E-state index in [2.05, 4.69) is 13.8 Å². The van der Waals surface area contributed by atoms with Crippen LogP contribution in [0.5, 0.6) is 0 Å². The zero-order chi connectivity index (χ0) is 22.5. The first kappa shape index (κ1) is 32.7. The molecule has 31 heavy (non-hydrogen) atoms. The minimum atomic E-state index is -1.58. The van der Waals surface area contributed by atoms with Gasteiger partial charge >= 0.3 is 30.8 Å². The van der Waals surface area contributed by atoms with Gasteiger partial charge in [-0.05, 0) is 12.8 Å². The van der Waals surface area contributed by atoms with Crippen molar-refractivity contribution in [2.75, 3.05) is 0 Å². The van der Waals surface area contributed by atoms with Crippen molar-refractivity contribution in [2.24, 2.45) is 5.41 Å². The molecule has 4 nitrogen and oxygen atoms in total. The van der Waals surface area contributed by atoms with E-state index < -0.39 is 17.4 Å². The predicted octanol–water partition coefficient (Wildman–Crippen LogP) is 5.49. The van der Waals surface area contributed by atoms with Crippen LogP contribution < -0.4 is 18.9 Å². The van der Waals surface area contributed by atoms with Crippen molar-refractivity contribution in [3.05, 3.63) is 0 Å². The van der Waals surface area contributed by atoms with E-state index >= 15 is 0 Å². The first-order valence-electron chi connectivity index (χ1n) is 13.0. The summed E-state index contributed by atoms with van der Waals surface area (Å²) in [6.07, 6.45) is 22.5. The van der Waals surface area contributed by atoms with Crippen molar-refractivity contribution in [1.29, 1.82) is 0 Å². The van der Waals surface area contributed by atoms with Crippen molar-refractivity contribution in [2.45, 2.75) is 149 Å². The smallest absolute Gasteiger partial charge is 1.00 e. The van der Waals surface area contributed by atoms with Gasteiger partial charge in [0.15, 0.2) is 5.41 Å². The Morgan fingerprint density at radius 2 is 0.742 bits per heavy atom. The van der Waals surface area contributed by atoms with Gasteiger partial charge in [0.1, 0.15) is 0 Å². The van der Waals surface area contributed by atoms with Gasteiger partial charge in [0, 0.05) is 0 Å². The maximum Gasteiger partial charge on any atom is 1.00 e. The summed E-state index contributed by atoms with van der Waals surface area (Å²) in [6.45, 7) is 4.44.